The van der Waals surface area contributed by atoms with Gasteiger partial charge < -0.3 is 15.8 Å². The van der Waals surface area contributed by atoms with E-state index in [4.69, 9.17) is 22.1 Å². The van der Waals surface area contributed by atoms with Crippen LogP contribution in [0.1, 0.15) is 25.7 Å². The second-order valence-corrected chi connectivity index (χ2v) is 8.53. The summed E-state index contributed by atoms with van der Waals surface area (Å²) in [5.41, 5.74) is 1.72. The van der Waals surface area contributed by atoms with Gasteiger partial charge in [0.05, 0.1) is 29.2 Å². The number of carbonyl (C=O) groups is 2. The minimum absolute atomic E-state index is 0.0416. The Morgan fingerprint density at radius 1 is 1.03 bits per heavy atom. The minimum atomic E-state index is -1.14. The van der Waals surface area contributed by atoms with E-state index in [9.17, 15) is 28.4 Å². The van der Waals surface area contributed by atoms with Crippen molar-refractivity contribution in [1.82, 2.24) is 14.1 Å². The SMILES string of the molecule is COc1ccccc1-n1c(=O)[nH]c(=O)n(-c2cc(NC(=O)C3=C(C(N)=O)CCCC3)c(F)cc2Cl)c1=O. The summed E-state index contributed by atoms with van der Waals surface area (Å²) in [6.45, 7) is 0. The van der Waals surface area contributed by atoms with Gasteiger partial charge in [0, 0.05) is 11.1 Å². The van der Waals surface area contributed by atoms with E-state index in [1.54, 1.807) is 12.1 Å². The normalized spacial score (nSPS) is 13.4. The molecule has 0 unspecified atom stereocenters. The molecule has 2 amide bonds. The van der Waals surface area contributed by atoms with E-state index >= 15 is 0 Å². The molecule has 2 aromatic carbocycles. The van der Waals surface area contributed by atoms with Crippen molar-refractivity contribution in [2.24, 2.45) is 5.73 Å². The number of benzene rings is 2. The van der Waals surface area contributed by atoms with Gasteiger partial charge in [-0.15, -0.1) is 0 Å². The third-order valence-electron chi connectivity index (χ3n) is 5.89. The van der Waals surface area contributed by atoms with E-state index in [0.29, 0.717) is 28.4 Å². The number of nitrogens with two attached hydrogens (primary N) is 1. The quantitative estimate of drug-likeness (QED) is 0.441. The predicted octanol–water partition coefficient (Wildman–Crippen LogP) is 1.77. The zero-order valence-corrected chi connectivity index (χ0v) is 20.2. The maximum absolute atomic E-state index is 14.8. The summed E-state index contributed by atoms with van der Waals surface area (Å²) in [6.07, 6.45) is 1.92. The molecule has 0 atom stereocenters. The monoisotopic (exact) mass is 529 g/mol. The summed E-state index contributed by atoms with van der Waals surface area (Å²) in [5.74, 6) is -2.27. The lowest BCUT2D eigenvalue weighted by atomic mass is 9.90. The molecule has 0 saturated heterocycles. The smallest absolute Gasteiger partial charge is 0.345 e. The first kappa shape index (κ1) is 25.6. The number of H-pyrrole nitrogens is 1. The number of amides is 2. The number of nitrogens with one attached hydrogen (secondary N) is 2. The van der Waals surface area contributed by atoms with E-state index in [0.717, 1.165) is 12.1 Å². The van der Waals surface area contributed by atoms with Gasteiger partial charge in [0.1, 0.15) is 11.6 Å². The summed E-state index contributed by atoms with van der Waals surface area (Å²) in [4.78, 5) is 65.3. The number of para-hydroxylation sites is 2. The highest BCUT2D eigenvalue weighted by Crippen LogP contribution is 2.29. The number of anilines is 1. The fourth-order valence-corrected chi connectivity index (χ4v) is 4.38. The van der Waals surface area contributed by atoms with Crippen molar-refractivity contribution in [2.75, 3.05) is 12.4 Å². The zero-order chi connectivity index (χ0) is 26.9. The van der Waals surface area contributed by atoms with E-state index in [2.05, 4.69) is 5.32 Å². The molecular weight excluding hydrogens is 509 g/mol. The van der Waals surface area contributed by atoms with E-state index < -0.39 is 40.4 Å². The molecule has 3 aromatic rings. The zero-order valence-electron chi connectivity index (χ0n) is 19.5. The average molecular weight is 530 g/mol. The van der Waals surface area contributed by atoms with Gasteiger partial charge in [0.25, 0.3) is 5.91 Å². The molecule has 13 heteroatoms. The predicted molar refractivity (Wildman–Crippen MR) is 133 cm³/mol. The average Bonchev–Trinajstić information content (AvgIpc) is 2.86. The molecule has 0 aliphatic heterocycles. The van der Waals surface area contributed by atoms with Crippen molar-refractivity contribution in [3.63, 3.8) is 0 Å². The van der Waals surface area contributed by atoms with E-state index in [1.807, 2.05) is 4.98 Å². The van der Waals surface area contributed by atoms with Crippen LogP contribution >= 0.6 is 11.6 Å². The summed E-state index contributed by atoms with van der Waals surface area (Å²) >= 11 is 6.18. The Bertz CT molecular complexity index is 1640. The highest BCUT2D eigenvalue weighted by atomic mass is 35.5. The molecule has 0 saturated carbocycles. The van der Waals surface area contributed by atoms with Crippen molar-refractivity contribution in [2.45, 2.75) is 25.7 Å². The molecule has 0 fully saturated rings. The Labute approximate surface area is 212 Å². The van der Waals surface area contributed by atoms with Crippen LogP contribution < -0.4 is 32.9 Å². The van der Waals surface area contributed by atoms with Crippen LogP contribution in [0.4, 0.5) is 10.1 Å². The first-order valence-corrected chi connectivity index (χ1v) is 11.5. The number of hydrogen-bond acceptors (Lipinski definition) is 6. The molecule has 1 heterocycles. The number of ether oxygens (including phenoxy) is 1. The van der Waals surface area contributed by atoms with Crippen molar-refractivity contribution < 1.29 is 18.7 Å². The van der Waals surface area contributed by atoms with E-state index in [-0.39, 0.29) is 39.7 Å². The topological polar surface area (TPSA) is 158 Å². The van der Waals surface area contributed by atoms with Gasteiger partial charge in [-0.3, -0.25) is 14.6 Å². The van der Waals surface area contributed by atoms with Crippen LogP contribution in [0.3, 0.4) is 0 Å². The largest absolute Gasteiger partial charge is 0.495 e. The third-order valence-corrected chi connectivity index (χ3v) is 6.20. The van der Waals surface area contributed by atoms with Gasteiger partial charge in [-0.25, -0.2) is 27.9 Å². The van der Waals surface area contributed by atoms with Gasteiger partial charge in [-0.05, 0) is 49.9 Å². The molecule has 11 nitrogen and oxygen atoms in total. The summed E-state index contributed by atoms with van der Waals surface area (Å²) in [5, 5.41) is 2.02. The molecule has 1 aliphatic carbocycles. The van der Waals surface area contributed by atoms with Gasteiger partial charge >= 0.3 is 17.1 Å². The molecule has 0 bridgehead atoms. The molecule has 37 heavy (non-hydrogen) atoms. The Kier molecular flexibility index (Phi) is 7.11. The number of methoxy groups -OCH3 is 1. The van der Waals surface area contributed by atoms with Crippen LogP contribution in [0.25, 0.3) is 11.4 Å². The molecule has 1 aliphatic rings. The number of aromatic amines is 1. The number of hydrogen-bond donors (Lipinski definition) is 3. The highest BCUT2D eigenvalue weighted by Gasteiger charge is 2.24. The van der Waals surface area contributed by atoms with Gasteiger partial charge in [0.2, 0.25) is 5.91 Å². The Morgan fingerprint density at radius 2 is 1.65 bits per heavy atom. The maximum Gasteiger partial charge on any atom is 0.345 e. The van der Waals surface area contributed by atoms with Crippen LogP contribution in [0.5, 0.6) is 5.75 Å². The van der Waals surface area contributed by atoms with Gasteiger partial charge in [-0.2, -0.15) is 0 Å². The van der Waals surface area contributed by atoms with E-state index in [1.165, 1.54) is 19.2 Å². The minimum Gasteiger partial charge on any atom is -0.495 e. The molecular formula is C24H21ClFN5O6. The lowest BCUT2D eigenvalue weighted by Gasteiger charge is -2.18. The van der Waals surface area contributed by atoms with Gasteiger partial charge in [-0.1, -0.05) is 23.7 Å². The van der Waals surface area contributed by atoms with Crippen molar-refractivity contribution >= 4 is 29.1 Å². The number of halogens is 2. The number of aromatic nitrogens is 3. The van der Waals surface area contributed by atoms with Gasteiger partial charge in [0.15, 0.2) is 0 Å². The van der Waals surface area contributed by atoms with Crippen LogP contribution in [0, 0.1) is 5.82 Å². The second kappa shape index (κ2) is 10.3. The second-order valence-electron chi connectivity index (χ2n) is 8.13. The third kappa shape index (κ3) is 4.83. The summed E-state index contributed by atoms with van der Waals surface area (Å²) in [7, 11) is 1.34. The molecule has 4 N–H and O–H groups in total. The molecule has 4 rings (SSSR count). The van der Waals surface area contributed by atoms with Crippen molar-refractivity contribution in [3.8, 4) is 17.1 Å². The lowest BCUT2D eigenvalue weighted by Crippen LogP contribution is -2.48. The fraction of sp³-hybridized carbons (Fsp3) is 0.208. The standard InChI is InChI=1S/C24H21ClFN5O6/c1-37-19-9-5-4-8-17(19)30-22(34)29-23(35)31(24(30)36)18-11-16(15(26)10-14(18)25)28-21(33)13-7-3-2-6-12(13)20(27)32/h4-5,8-11H,2-3,6-7H2,1H3,(H2,27,32)(H,28,33)(H,29,34,35). The van der Waals surface area contributed by atoms with Crippen molar-refractivity contribution in [3.05, 3.63) is 89.8 Å². The van der Waals surface area contributed by atoms with Crippen molar-refractivity contribution in [1.29, 1.82) is 0 Å². The Morgan fingerprint density at radius 3 is 2.30 bits per heavy atom. The number of carbonyl (C=O) groups excluding carboxylic acids is 2. The van der Waals surface area contributed by atoms with Crippen LogP contribution in [-0.4, -0.2) is 33.0 Å². The van der Waals surface area contributed by atoms with Crippen LogP contribution in [0.15, 0.2) is 61.9 Å². The highest BCUT2D eigenvalue weighted by molar-refractivity contribution is 6.32. The van der Waals surface area contributed by atoms with Crippen LogP contribution in [0.2, 0.25) is 5.02 Å². The maximum atomic E-state index is 14.8. The first-order chi connectivity index (χ1) is 17.6. The number of nitrogens with zero attached hydrogens (tertiary/aromatic N) is 2. The Hall–Kier alpha value is -4.45. The molecule has 1 aromatic heterocycles. The summed E-state index contributed by atoms with van der Waals surface area (Å²) in [6, 6.07) is 7.90. The first-order valence-electron chi connectivity index (χ1n) is 11.1. The van der Waals surface area contributed by atoms with Crippen LogP contribution in [-0.2, 0) is 9.59 Å². The fourth-order valence-electron chi connectivity index (χ4n) is 4.15. The lowest BCUT2D eigenvalue weighted by molar-refractivity contribution is -0.116. The molecule has 192 valence electrons. The summed E-state index contributed by atoms with van der Waals surface area (Å²) < 4.78 is 21.2. The molecule has 0 spiro atoms. The Balaban J connectivity index is 1.86. The molecule has 0 radical (unpaired) electrons. The number of rotatable bonds is 6. The number of primary amides is 1.